The minimum atomic E-state index is -3.60. The first kappa shape index (κ1) is 22.4. The number of rotatable bonds is 7. The van der Waals surface area contributed by atoms with E-state index in [4.69, 9.17) is 0 Å². The van der Waals surface area contributed by atoms with Gasteiger partial charge in [0.25, 0.3) is 0 Å². The molecule has 1 fully saturated rings. The summed E-state index contributed by atoms with van der Waals surface area (Å²) < 4.78 is 26.8. The molecular weight excluding hydrogens is 402 g/mol. The Morgan fingerprint density at radius 2 is 2.00 bits per heavy atom. The number of aliphatic hydroxyl groups is 1. The standard InChI is InChI=1S/C22H29N3O4S/c1-17-14-23-12-11-19(17)15-24(2)22(27)10-7-18-5-8-21(9-6-18)30(28,29)25-13-3-4-20(26)16-25/h5-6,8-9,11-12,14,20,26H,3-4,7,10,13,15-16H2,1-2H3/t20-/m1/s1. The van der Waals surface area contributed by atoms with Crippen molar-refractivity contribution in [3.63, 3.8) is 0 Å². The van der Waals surface area contributed by atoms with E-state index < -0.39 is 16.1 Å². The molecule has 1 atom stereocenters. The van der Waals surface area contributed by atoms with Crippen molar-refractivity contribution in [2.45, 2.75) is 50.2 Å². The fourth-order valence-corrected chi connectivity index (χ4v) is 5.10. The summed E-state index contributed by atoms with van der Waals surface area (Å²) in [5.74, 6) is 0.0326. The van der Waals surface area contributed by atoms with Crippen LogP contribution in [-0.4, -0.2) is 59.9 Å². The Morgan fingerprint density at radius 3 is 2.67 bits per heavy atom. The first-order valence-corrected chi connectivity index (χ1v) is 11.6. The van der Waals surface area contributed by atoms with Gasteiger partial charge >= 0.3 is 0 Å². The molecule has 0 unspecified atom stereocenters. The number of nitrogens with zero attached hydrogens (tertiary/aromatic N) is 3. The van der Waals surface area contributed by atoms with E-state index in [9.17, 15) is 18.3 Å². The quantitative estimate of drug-likeness (QED) is 0.725. The lowest BCUT2D eigenvalue weighted by Crippen LogP contribution is -2.42. The van der Waals surface area contributed by atoms with Crippen LogP contribution in [0.3, 0.4) is 0 Å². The number of aromatic nitrogens is 1. The van der Waals surface area contributed by atoms with Gasteiger partial charge in [0.15, 0.2) is 0 Å². The van der Waals surface area contributed by atoms with E-state index in [2.05, 4.69) is 4.98 Å². The van der Waals surface area contributed by atoms with Crippen molar-refractivity contribution in [1.29, 1.82) is 0 Å². The van der Waals surface area contributed by atoms with E-state index in [1.807, 2.05) is 13.0 Å². The number of hydrogen-bond acceptors (Lipinski definition) is 5. The van der Waals surface area contributed by atoms with Crippen molar-refractivity contribution in [2.75, 3.05) is 20.1 Å². The molecule has 0 radical (unpaired) electrons. The van der Waals surface area contributed by atoms with E-state index >= 15 is 0 Å². The lowest BCUT2D eigenvalue weighted by atomic mass is 10.1. The zero-order valence-corrected chi connectivity index (χ0v) is 18.3. The van der Waals surface area contributed by atoms with E-state index in [-0.39, 0.29) is 17.3 Å². The number of aryl methyl sites for hydroxylation is 2. The average Bonchev–Trinajstić information content (AvgIpc) is 2.74. The minimum absolute atomic E-state index is 0.0326. The Hall–Kier alpha value is -2.29. The van der Waals surface area contributed by atoms with Gasteiger partial charge in [-0.3, -0.25) is 9.78 Å². The second-order valence-corrected chi connectivity index (χ2v) is 9.79. The van der Waals surface area contributed by atoms with Crippen LogP contribution in [0.5, 0.6) is 0 Å². The van der Waals surface area contributed by atoms with Crippen molar-refractivity contribution in [3.8, 4) is 0 Å². The van der Waals surface area contributed by atoms with Crippen LogP contribution in [0.25, 0.3) is 0 Å². The molecular formula is C22H29N3O4S. The zero-order valence-electron chi connectivity index (χ0n) is 17.5. The summed E-state index contributed by atoms with van der Waals surface area (Å²) in [6.45, 7) is 3.08. The number of hydrogen-bond donors (Lipinski definition) is 1. The van der Waals surface area contributed by atoms with Gasteiger partial charge < -0.3 is 10.0 Å². The topological polar surface area (TPSA) is 90.8 Å². The number of carbonyl (C=O) groups is 1. The van der Waals surface area contributed by atoms with Gasteiger partial charge in [0.1, 0.15) is 0 Å². The van der Waals surface area contributed by atoms with E-state index in [1.54, 1.807) is 48.6 Å². The third kappa shape index (κ3) is 5.44. The largest absolute Gasteiger partial charge is 0.392 e. The van der Waals surface area contributed by atoms with Gasteiger partial charge in [-0.25, -0.2) is 8.42 Å². The predicted octanol–water partition coefficient (Wildman–Crippen LogP) is 2.13. The summed E-state index contributed by atoms with van der Waals surface area (Å²) >= 11 is 0. The zero-order chi connectivity index (χ0) is 21.7. The SMILES string of the molecule is Cc1cnccc1CN(C)C(=O)CCc1ccc(S(=O)(=O)N2CCC[C@@H](O)C2)cc1. The lowest BCUT2D eigenvalue weighted by molar-refractivity contribution is -0.130. The van der Waals surface area contributed by atoms with Gasteiger partial charge in [0.2, 0.25) is 15.9 Å². The number of β-amino-alcohol motifs (C(OH)–C–C–N with tert-alkyl or cyclic N) is 1. The Kier molecular flexibility index (Phi) is 7.23. The van der Waals surface area contributed by atoms with Gasteiger partial charge in [-0.2, -0.15) is 4.31 Å². The second-order valence-electron chi connectivity index (χ2n) is 7.86. The van der Waals surface area contributed by atoms with Crippen LogP contribution in [0.15, 0.2) is 47.6 Å². The Balaban J connectivity index is 1.56. The molecule has 0 saturated carbocycles. The van der Waals surface area contributed by atoms with Crippen LogP contribution in [0.2, 0.25) is 0 Å². The molecule has 7 nitrogen and oxygen atoms in total. The van der Waals surface area contributed by atoms with E-state index in [0.29, 0.717) is 38.8 Å². The smallest absolute Gasteiger partial charge is 0.243 e. The summed E-state index contributed by atoms with van der Waals surface area (Å²) in [5, 5.41) is 9.76. The molecule has 1 aromatic heterocycles. The molecule has 1 aliphatic rings. The lowest BCUT2D eigenvalue weighted by Gasteiger charge is -2.29. The molecule has 30 heavy (non-hydrogen) atoms. The number of pyridine rings is 1. The molecule has 0 spiro atoms. The van der Waals surface area contributed by atoms with Gasteiger partial charge in [-0.1, -0.05) is 12.1 Å². The molecule has 1 N–H and O–H groups in total. The molecule has 0 aliphatic carbocycles. The van der Waals surface area contributed by atoms with Crippen molar-refractivity contribution >= 4 is 15.9 Å². The minimum Gasteiger partial charge on any atom is -0.392 e. The van der Waals surface area contributed by atoms with Crippen molar-refractivity contribution < 1.29 is 18.3 Å². The maximum absolute atomic E-state index is 12.8. The molecule has 162 valence electrons. The molecule has 0 bridgehead atoms. The Bertz CT molecular complexity index is 976. The third-order valence-electron chi connectivity index (χ3n) is 5.52. The number of aliphatic hydroxyl groups excluding tert-OH is 1. The van der Waals surface area contributed by atoms with Gasteiger partial charge in [0.05, 0.1) is 11.0 Å². The number of piperidine rings is 1. The van der Waals surface area contributed by atoms with Crippen LogP contribution in [0.1, 0.15) is 36.0 Å². The summed E-state index contributed by atoms with van der Waals surface area (Å²) in [5.41, 5.74) is 3.03. The Labute approximate surface area is 178 Å². The normalized spacial score (nSPS) is 17.6. The first-order valence-electron chi connectivity index (χ1n) is 10.2. The summed E-state index contributed by atoms with van der Waals surface area (Å²) in [4.78, 5) is 18.5. The molecule has 1 aromatic carbocycles. The molecule has 2 aromatic rings. The Morgan fingerprint density at radius 1 is 1.27 bits per heavy atom. The highest BCUT2D eigenvalue weighted by Gasteiger charge is 2.29. The monoisotopic (exact) mass is 431 g/mol. The highest BCUT2D eigenvalue weighted by Crippen LogP contribution is 2.21. The van der Waals surface area contributed by atoms with Crippen molar-refractivity contribution in [1.82, 2.24) is 14.2 Å². The molecule has 1 amide bonds. The second kappa shape index (κ2) is 9.68. The van der Waals surface area contributed by atoms with E-state index in [0.717, 1.165) is 16.7 Å². The highest BCUT2D eigenvalue weighted by molar-refractivity contribution is 7.89. The number of amides is 1. The maximum atomic E-state index is 12.8. The number of carbonyl (C=O) groups excluding carboxylic acids is 1. The van der Waals surface area contributed by atoms with Crippen molar-refractivity contribution in [2.24, 2.45) is 0 Å². The van der Waals surface area contributed by atoms with Crippen molar-refractivity contribution in [3.05, 3.63) is 59.4 Å². The third-order valence-corrected chi connectivity index (χ3v) is 7.40. The maximum Gasteiger partial charge on any atom is 0.243 e. The summed E-state index contributed by atoms with van der Waals surface area (Å²) in [7, 11) is -1.82. The molecule has 8 heteroatoms. The summed E-state index contributed by atoms with van der Waals surface area (Å²) in [6, 6.07) is 8.60. The van der Waals surface area contributed by atoms with Crippen LogP contribution in [0.4, 0.5) is 0 Å². The predicted molar refractivity (Wildman–Crippen MR) is 114 cm³/mol. The van der Waals surface area contributed by atoms with Gasteiger partial charge in [-0.15, -0.1) is 0 Å². The van der Waals surface area contributed by atoms with E-state index in [1.165, 1.54) is 4.31 Å². The number of benzene rings is 1. The first-order chi connectivity index (χ1) is 14.3. The molecule has 3 rings (SSSR count). The molecule has 2 heterocycles. The van der Waals surface area contributed by atoms with Crippen LogP contribution < -0.4 is 0 Å². The fraction of sp³-hybridized carbons (Fsp3) is 0.455. The highest BCUT2D eigenvalue weighted by atomic mass is 32.2. The van der Waals surface area contributed by atoms with Crippen LogP contribution >= 0.6 is 0 Å². The van der Waals surface area contributed by atoms with Crippen LogP contribution in [-0.2, 0) is 27.8 Å². The summed E-state index contributed by atoms with van der Waals surface area (Å²) in [6.07, 6.45) is 5.09. The van der Waals surface area contributed by atoms with Gasteiger partial charge in [-0.05, 0) is 61.1 Å². The number of sulfonamides is 1. The average molecular weight is 432 g/mol. The van der Waals surface area contributed by atoms with Gasteiger partial charge in [0, 0.05) is 45.5 Å². The van der Waals surface area contributed by atoms with Crippen LogP contribution in [0, 0.1) is 6.92 Å². The molecule has 1 saturated heterocycles. The molecule has 1 aliphatic heterocycles. The fourth-order valence-electron chi connectivity index (χ4n) is 3.58.